The third kappa shape index (κ3) is 2.09. The Labute approximate surface area is 153 Å². The van der Waals surface area contributed by atoms with Gasteiger partial charge in [-0.2, -0.15) is 0 Å². The van der Waals surface area contributed by atoms with Crippen LogP contribution in [0.15, 0.2) is 48.5 Å². The number of benzene rings is 2. The van der Waals surface area contributed by atoms with Crippen LogP contribution < -0.4 is 9.64 Å². The Bertz CT molecular complexity index is 919. The van der Waals surface area contributed by atoms with Gasteiger partial charge in [-0.15, -0.1) is 0 Å². The number of ether oxygens (including phenoxy) is 1. The number of nitrogens with zero attached hydrogens (tertiary/aromatic N) is 2. The summed E-state index contributed by atoms with van der Waals surface area (Å²) in [7, 11) is 0. The van der Waals surface area contributed by atoms with Crippen molar-refractivity contribution in [3.63, 3.8) is 0 Å². The topological polar surface area (TPSA) is 55.6 Å². The van der Waals surface area contributed by atoms with Crippen molar-refractivity contribution in [3.05, 3.63) is 69.8 Å². The van der Waals surface area contributed by atoms with E-state index in [1.165, 1.54) is 17.3 Å². The van der Waals surface area contributed by atoms with Crippen LogP contribution in [-0.2, 0) is 5.41 Å². The molecule has 1 spiro atoms. The lowest BCUT2D eigenvalue weighted by atomic mass is 9.76. The minimum Gasteiger partial charge on any atom is -0.463 e. The van der Waals surface area contributed by atoms with Crippen LogP contribution in [0, 0.1) is 10.1 Å². The van der Waals surface area contributed by atoms with Crippen LogP contribution >= 0.6 is 0 Å². The first-order valence-electron chi connectivity index (χ1n) is 8.94. The van der Waals surface area contributed by atoms with Crippen LogP contribution in [-0.4, -0.2) is 17.2 Å². The summed E-state index contributed by atoms with van der Waals surface area (Å²) < 4.78 is 6.59. The number of hydrogen-bond acceptors (Lipinski definition) is 4. The van der Waals surface area contributed by atoms with Gasteiger partial charge in [-0.05, 0) is 50.1 Å². The molecule has 0 amide bonds. The van der Waals surface area contributed by atoms with Crippen LogP contribution in [0.3, 0.4) is 0 Å². The smallest absolute Gasteiger partial charge is 0.270 e. The van der Waals surface area contributed by atoms with Crippen LogP contribution in [0.1, 0.15) is 38.3 Å². The Morgan fingerprint density at radius 2 is 1.96 bits per heavy atom. The zero-order chi connectivity index (χ0) is 18.5. The number of para-hydroxylation sites is 1. The zero-order valence-electron chi connectivity index (χ0n) is 15.2. The number of nitro benzene ring substituents is 1. The van der Waals surface area contributed by atoms with Gasteiger partial charge >= 0.3 is 0 Å². The van der Waals surface area contributed by atoms with E-state index in [-0.39, 0.29) is 16.0 Å². The molecule has 0 aliphatic carbocycles. The Balaban J connectivity index is 1.86. The van der Waals surface area contributed by atoms with E-state index in [1.54, 1.807) is 12.1 Å². The first kappa shape index (κ1) is 16.6. The fourth-order valence-corrected chi connectivity index (χ4v) is 4.21. The summed E-state index contributed by atoms with van der Waals surface area (Å²) >= 11 is 0. The lowest BCUT2D eigenvalue weighted by molar-refractivity contribution is -0.384. The Morgan fingerprint density at radius 1 is 1.19 bits per heavy atom. The van der Waals surface area contributed by atoms with Gasteiger partial charge in [0, 0.05) is 29.9 Å². The molecule has 2 aromatic carbocycles. The molecule has 0 saturated heterocycles. The number of hydrogen-bond donors (Lipinski definition) is 0. The van der Waals surface area contributed by atoms with Gasteiger partial charge in [0.25, 0.3) is 5.69 Å². The summed E-state index contributed by atoms with van der Waals surface area (Å²) in [6, 6.07) is 13.2. The Kier molecular flexibility index (Phi) is 3.58. The SMILES string of the molecule is CCCN1c2ccccc2C(C)(C)C12C=Cc1cc([N+](=O)[O-])ccc1O2. The van der Waals surface area contributed by atoms with Crippen LogP contribution in [0.5, 0.6) is 5.75 Å². The number of non-ortho nitro benzene ring substituents is 1. The highest BCUT2D eigenvalue weighted by molar-refractivity contribution is 5.73. The fraction of sp³-hybridized carbons (Fsp3) is 0.333. The van der Waals surface area contributed by atoms with Crippen molar-refractivity contribution in [1.29, 1.82) is 0 Å². The van der Waals surface area contributed by atoms with Gasteiger partial charge in [-0.25, -0.2) is 0 Å². The van der Waals surface area contributed by atoms with E-state index in [4.69, 9.17) is 4.74 Å². The highest BCUT2D eigenvalue weighted by Gasteiger charge is 2.58. The highest BCUT2D eigenvalue weighted by atomic mass is 16.6. The van der Waals surface area contributed by atoms with Gasteiger partial charge in [0.1, 0.15) is 5.75 Å². The molecule has 5 heteroatoms. The maximum Gasteiger partial charge on any atom is 0.270 e. The van der Waals surface area contributed by atoms with Crippen molar-refractivity contribution < 1.29 is 9.66 Å². The number of fused-ring (bicyclic) bond motifs is 2. The van der Waals surface area contributed by atoms with E-state index in [1.807, 2.05) is 6.08 Å². The van der Waals surface area contributed by atoms with Gasteiger partial charge in [0.15, 0.2) is 0 Å². The average molecular weight is 350 g/mol. The third-order valence-corrected chi connectivity index (χ3v) is 5.57. The second kappa shape index (κ2) is 5.59. The standard InChI is InChI=1S/C21H22N2O3/c1-4-13-22-18-8-6-5-7-17(18)20(2,3)21(22)12-11-15-14-16(23(24)25)9-10-19(15)26-21/h5-12,14H,4,13H2,1-3H3. The van der Waals surface area contributed by atoms with Gasteiger partial charge in [-0.3, -0.25) is 10.1 Å². The molecule has 0 N–H and O–H groups in total. The van der Waals surface area contributed by atoms with E-state index >= 15 is 0 Å². The quantitative estimate of drug-likeness (QED) is 0.583. The molecule has 2 aromatic rings. The summed E-state index contributed by atoms with van der Waals surface area (Å²) in [5, 5.41) is 11.1. The summed E-state index contributed by atoms with van der Waals surface area (Å²) in [5.41, 5.74) is 2.35. The molecule has 0 saturated carbocycles. The Morgan fingerprint density at radius 3 is 2.69 bits per heavy atom. The molecule has 2 aliphatic rings. The van der Waals surface area contributed by atoms with Gasteiger partial charge in [-0.1, -0.05) is 25.1 Å². The van der Waals surface area contributed by atoms with Crippen LogP contribution in [0.2, 0.25) is 0 Å². The van der Waals surface area contributed by atoms with Crippen LogP contribution in [0.4, 0.5) is 11.4 Å². The van der Waals surface area contributed by atoms with Crippen LogP contribution in [0.25, 0.3) is 6.08 Å². The molecule has 134 valence electrons. The maximum atomic E-state index is 11.1. The van der Waals surface area contributed by atoms with Crippen molar-refractivity contribution in [2.75, 3.05) is 11.4 Å². The number of rotatable bonds is 3. The largest absolute Gasteiger partial charge is 0.463 e. The molecular formula is C21H22N2O3. The molecule has 0 aromatic heterocycles. The van der Waals surface area contributed by atoms with E-state index in [2.05, 4.69) is 56.0 Å². The fourth-order valence-electron chi connectivity index (χ4n) is 4.21. The molecule has 2 heterocycles. The molecule has 1 atom stereocenters. The number of nitro groups is 1. The second-order valence-corrected chi connectivity index (χ2v) is 7.40. The lowest BCUT2D eigenvalue weighted by Crippen LogP contribution is -2.59. The minimum atomic E-state index is -0.643. The third-order valence-electron chi connectivity index (χ3n) is 5.57. The molecule has 0 fully saturated rings. The number of anilines is 1. The van der Waals surface area contributed by atoms with Crippen molar-refractivity contribution in [1.82, 2.24) is 0 Å². The van der Waals surface area contributed by atoms with E-state index in [0.717, 1.165) is 18.5 Å². The monoisotopic (exact) mass is 350 g/mol. The molecule has 1 unspecified atom stereocenters. The van der Waals surface area contributed by atoms with E-state index in [0.29, 0.717) is 5.75 Å². The molecule has 2 aliphatic heterocycles. The zero-order valence-corrected chi connectivity index (χ0v) is 15.2. The Hall–Kier alpha value is -2.82. The molecule has 4 rings (SSSR count). The average Bonchev–Trinajstić information content (AvgIpc) is 2.81. The van der Waals surface area contributed by atoms with E-state index in [9.17, 15) is 10.1 Å². The van der Waals surface area contributed by atoms with Crippen molar-refractivity contribution in [2.45, 2.75) is 38.3 Å². The molecule has 5 nitrogen and oxygen atoms in total. The van der Waals surface area contributed by atoms with Crippen molar-refractivity contribution in [3.8, 4) is 5.75 Å². The van der Waals surface area contributed by atoms with Gasteiger partial charge in [0.2, 0.25) is 5.72 Å². The second-order valence-electron chi connectivity index (χ2n) is 7.40. The summed E-state index contributed by atoms with van der Waals surface area (Å²) in [6.07, 6.45) is 5.02. The predicted octanol–water partition coefficient (Wildman–Crippen LogP) is 4.90. The first-order valence-corrected chi connectivity index (χ1v) is 8.94. The summed E-state index contributed by atoms with van der Waals surface area (Å²) in [4.78, 5) is 13.0. The lowest BCUT2D eigenvalue weighted by Gasteiger charge is -2.47. The van der Waals surface area contributed by atoms with Gasteiger partial charge in [0.05, 0.1) is 10.3 Å². The first-order chi connectivity index (χ1) is 12.4. The minimum absolute atomic E-state index is 0.0762. The molecule has 0 bridgehead atoms. The molecule has 26 heavy (non-hydrogen) atoms. The highest BCUT2D eigenvalue weighted by Crippen LogP contribution is 2.54. The summed E-state index contributed by atoms with van der Waals surface area (Å²) in [5.74, 6) is 0.681. The maximum absolute atomic E-state index is 11.1. The van der Waals surface area contributed by atoms with Gasteiger partial charge < -0.3 is 9.64 Å². The predicted molar refractivity (Wildman–Crippen MR) is 103 cm³/mol. The van der Waals surface area contributed by atoms with Crippen molar-refractivity contribution >= 4 is 17.5 Å². The summed E-state index contributed by atoms with van der Waals surface area (Å²) in [6.45, 7) is 7.42. The van der Waals surface area contributed by atoms with Crippen molar-refractivity contribution in [2.24, 2.45) is 0 Å². The molecule has 0 radical (unpaired) electrons. The molecular weight excluding hydrogens is 328 g/mol. The normalized spacial score (nSPS) is 22.0. The van der Waals surface area contributed by atoms with E-state index < -0.39 is 5.72 Å².